The molecule has 3 rings (SSSR count). The van der Waals surface area contributed by atoms with Crippen LogP contribution in [0.1, 0.15) is 25.7 Å². The first-order chi connectivity index (χ1) is 4.92. The standard InChI is InChI=1S/C8H12O2/c1-2-4-8-6(3-1)9-5-7(8)10-8/h6-7H,1-5H2/t6-,7+,8-/m0/s1. The molecule has 1 aliphatic carbocycles. The summed E-state index contributed by atoms with van der Waals surface area (Å²) in [5, 5.41) is 0. The number of rotatable bonds is 0. The minimum atomic E-state index is 0.234. The second-order valence-electron chi connectivity index (χ2n) is 3.63. The van der Waals surface area contributed by atoms with Crippen LogP contribution in [0.4, 0.5) is 0 Å². The molecule has 3 fully saturated rings. The molecular formula is C8H12O2. The van der Waals surface area contributed by atoms with Gasteiger partial charge >= 0.3 is 0 Å². The van der Waals surface area contributed by atoms with Gasteiger partial charge in [-0.15, -0.1) is 0 Å². The highest BCUT2D eigenvalue weighted by Crippen LogP contribution is 2.53. The molecule has 10 heavy (non-hydrogen) atoms. The lowest BCUT2D eigenvalue weighted by atomic mass is 9.85. The zero-order valence-electron chi connectivity index (χ0n) is 6.01. The molecular weight excluding hydrogens is 128 g/mol. The normalized spacial score (nSPS) is 57.6. The second-order valence-corrected chi connectivity index (χ2v) is 3.63. The van der Waals surface area contributed by atoms with Crippen LogP contribution in [0, 0.1) is 0 Å². The highest BCUT2D eigenvalue weighted by molar-refractivity contribution is 5.13. The van der Waals surface area contributed by atoms with Crippen molar-refractivity contribution in [2.24, 2.45) is 0 Å². The fourth-order valence-electron chi connectivity index (χ4n) is 2.47. The predicted octanol–water partition coefficient (Wildman–Crippen LogP) is 1.10. The minimum absolute atomic E-state index is 0.234. The molecule has 1 spiro atoms. The van der Waals surface area contributed by atoms with Crippen molar-refractivity contribution in [1.82, 2.24) is 0 Å². The third kappa shape index (κ3) is 0.487. The van der Waals surface area contributed by atoms with E-state index in [1.165, 1.54) is 25.7 Å². The first-order valence-electron chi connectivity index (χ1n) is 4.21. The highest BCUT2D eigenvalue weighted by atomic mass is 16.7. The van der Waals surface area contributed by atoms with E-state index >= 15 is 0 Å². The molecule has 2 aliphatic heterocycles. The van der Waals surface area contributed by atoms with Crippen LogP contribution in [0.15, 0.2) is 0 Å². The summed E-state index contributed by atoms with van der Waals surface area (Å²) >= 11 is 0. The molecule has 0 unspecified atom stereocenters. The van der Waals surface area contributed by atoms with Crippen molar-refractivity contribution in [3.63, 3.8) is 0 Å². The van der Waals surface area contributed by atoms with Gasteiger partial charge in [-0.05, 0) is 12.8 Å². The second kappa shape index (κ2) is 1.56. The predicted molar refractivity (Wildman–Crippen MR) is 35.8 cm³/mol. The maximum absolute atomic E-state index is 5.62. The van der Waals surface area contributed by atoms with Gasteiger partial charge in [0.1, 0.15) is 11.7 Å². The van der Waals surface area contributed by atoms with Crippen LogP contribution in [-0.4, -0.2) is 24.4 Å². The van der Waals surface area contributed by atoms with Gasteiger partial charge in [-0.25, -0.2) is 0 Å². The fourth-order valence-corrected chi connectivity index (χ4v) is 2.47. The summed E-state index contributed by atoms with van der Waals surface area (Å²) in [4.78, 5) is 0. The van der Waals surface area contributed by atoms with E-state index in [1.54, 1.807) is 0 Å². The molecule has 0 radical (unpaired) electrons. The quantitative estimate of drug-likeness (QED) is 0.470. The van der Waals surface area contributed by atoms with Gasteiger partial charge in [0.05, 0.1) is 12.7 Å². The van der Waals surface area contributed by atoms with E-state index in [4.69, 9.17) is 9.47 Å². The van der Waals surface area contributed by atoms with Crippen molar-refractivity contribution in [2.75, 3.05) is 6.61 Å². The molecule has 2 nitrogen and oxygen atoms in total. The lowest BCUT2D eigenvalue weighted by molar-refractivity contribution is -0.0223. The summed E-state index contributed by atoms with van der Waals surface area (Å²) in [6.07, 6.45) is 6.11. The van der Waals surface area contributed by atoms with Gasteiger partial charge < -0.3 is 9.47 Å². The van der Waals surface area contributed by atoms with E-state index in [9.17, 15) is 0 Å². The van der Waals surface area contributed by atoms with Crippen molar-refractivity contribution in [3.05, 3.63) is 0 Å². The van der Waals surface area contributed by atoms with Crippen LogP contribution in [0.5, 0.6) is 0 Å². The average Bonchev–Trinajstić information content (AvgIpc) is 2.55. The zero-order valence-corrected chi connectivity index (χ0v) is 6.01. The van der Waals surface area contributed by atoms with Crippen LogP contribution in [0.3, 0.4) is 0 Å². The summed E-state index contributed by atoms with van der Waals surface area (Å²) < 4.78 is 11.2. The maximum atomic E-state index is 5.62. The molecule has 1 saturated carbocycles. The van der Waals surface area contributed by atoms with Crippen LogP contribution in [0.25, 0.3) is 0 Å². The smallest absolute Gasteiger partial charge is 0.123 e. The lowest BCUT2D eigenvalue weighted by Crippen LogP contribution is -2.31. The topological polar surface area (TPSA) is 21.8 Å². The van der Waals surface area contributed by atoms with Crippen molar-refractivity contribution in [3.8, 4) is 0 Å². The van der Waals surface area contributed by atoms with Gasteiger partial charge in [-0.1, -0.05) is 12.8 Å². The number of ether oxygens (including phenoxy) is 2. The van der Waals surface area contributed by atoms with E-state index in [0.717, 1.165) is 6.61 Å². The Kier molecular flexibility index (Phi) is 0.868. The van der Waals surface area contributed by atoms with Crippen LogP contribution in [-0.2, 0) is 9.47 Å². The molecule has 2 heteroatoms. The van der Waals surface area contributed by atoms with Crippen LogP contribution < -0.4 is 0 Å². The third-order valence-corrected chi connectivity index (χ3v) is 3.13. The minimum Gasteiger partial charge on any atom is -0.372 e. The number of epoxide rings is 1. The Morgan fingerprint density at radius 1 is 1.20 bits per heavy atom. The monoisotopic (exact) mass is 140 g/mol. The molecule has 3 atom stereocenters. The Labute approximate surface area is 60.5 Å². The first-order valence-corrected chi connectivity index (χ1v) is 4.21. The van der Waals surface area contributed by atoms with Gasteiger partial charge in [0.25, 0.3) is 0 Å². The van der Waals surface area contributed by atoms with E-state index in [1.807, 2.05) is 0 Å². The van der Waals surface area contributed by atoms with Crippen molar-refractivity contribution in [1.29, 1.82) is 0 Å². The summed E-state index contributed by atoms with van der Waals surface area (Å²) in [5.74, 6) is 0. The van der Waals surface area contributed by atoms with Gasteiger partial charge in [0.15, 0.2) is 0 Å². The first kappa shape index (κ1) is 5.56. The van der Waals surface area contributed by atoms with Crippen LogP contribution >= 0.6 is 0 Å². The third-order valence-electron chi connectivity index (χ3n) is 3.13. The molecule has 2 saturated heterocycles. The average molecular weight is 140 g/mol. The zero-order chi connectivity index (χ0) is 6.60. The molecule has 3 aliphatic rings. The van der Waals surface area contributed by atoms with Gasteiger partial charge in [-0.3, -0.25) is 0 Å². The molecule has 0 aromatic carbocycles. The maximum Gasteiger partial charge on any atom is 0.123 e. The van der Waals surface area contributed by atoms with E-state index < -0.39 is 0 Å². The Morgan fingerprint density at radius 2 is 2.20 bits per heavy atom. The summed E-state index contributed by atoms with van der Waals surface area (Å²) in [6, 6.07) is 0. The molecule has 2 heterocycles. The largest absolute Gasteiger partial charge is 0.372 e. The summed E-state index contributed by atoms with van der Waals surface area (Å²) in [6.45, 7) is 0.866. The Balaban J connectivity index is 1.89. The van der Waals surface area contributed by atoms with Gasteiger partial charge in [0.2, 0.25) is 0 Å². The summed E-state index contributed by atoms with van der Waals surface area (Å²) in [5.41, 5.74) is 0.234. The molecule has 0 N–H and O–H groups in total. The van der Waals surface area contributed by atoms with Crippen molar-refractivity contribution >= 4 is 0 Å². The molecule has 56 valence electrons. The lowest BCUT2D eigenvalue weighted by Gasteiger charge is -2.24. The highest BCUT2D eigenvalue weighted by Gasteiger charge is 2.66. The Bertz CT molecular complexity index is 169. The molecule has 0 amide bonds. The van der Waals surface area contributed by atoms with Gasteiger partial charge in [0, 0.05) is 0 Å². The number of hydrogen-bond donors (Lipinski definition) is 0. The SMILES string of the molecule is C1CC[C@@]23O[C@@H]2CO[C@H]3C1. The fraction of sp³-hybridized carbons (Fsp3) is 1.00. The Hall–Kier alpha value is -0.0800. The van der Waals surface area contributed by atoms with E-state index in [2.05, 4.69) is 0 Å². The Morgan fingerprint density at radius 3 is 3.00 bits per heavy atom. The number of hydrogen-bond acceptors (Lipinski definition) is 2. The van der Waals surface area contributed by atoms with Crippen LogP contribution in [0.2, 0.25) is 0 Å². The van der Waals surface area contributed by atoms with Crippen molar-refractivity contribution in [2.45, 2.75) is 43.5 Å². The van der Waals surface area contributed by atoms with Crippen molar-refractivity contribution < 1.29 is 9.47 Å². The molecule has 0 aromatic rings. The van der Waals surface area contributed by atoms with E-state index in [0.29, 0.717) is 12.2 Å². The molecule has 0 bridgehead atoms. The summed E-state index contributed by atoms with van der Waals surface area (Å²) in [7, 11) is 0. The van der Waals surface area contributed by atoms with Gasteiger partial charge in [-0.2, -0.15) is 0 Å². The van der Waals surface area contributed by atoms with E-state index in [-0.39, 0.29) is 5.60 Å². The molecule has 0 aromatic heterocycles.